The minimum atomic E-state index is -0.308. The van der Waals surface area contributed by atoms with E-state index >= 15 is 0 Å². The highest BCUT2D eigenvalue weighted by Crippen LogP contribution is 2.13. The summed E-state index contributed by atoms with van der Waals surface area (Å²) in [5, 5.41) is 11.4. The topological polar surface area (TPSA) is 77.6 Å². The van der Waals surface area contributed by atoms with E-state index in [1.807, 2.05) is 6.92 Å². The largest absolute Gasteiger partial charge is 0.293 e. The lowest BCUT2D eigenvalue weighted by atomic mass is 10.2. The van der Waals surface area contributed by atoms with Crippen LogP contribution in [0.5, 0.6) is 0 Å². The molecule has 0 saturated carbocycles. The number of aromatic nitrogens is 5. The Bertz CT molecular complexity index is 890. The summed E-state index contributed by atoms with van der Waals surface area (Å²) < 4.78 is 16.8. The van der Waals surface area contributed by atoms with E-state index in [0.29, 0.717) is 17.1 Å². The number of nitrogens with one attached hydrogen (secondary N) is 1. The summed E-state index contributed by atoms with van der Waals surface area (Å²) >= 11 is 5.92. The molecule has 25 heavy (non-hydrogen) atoms. The third-order valence-electron chi connectivity index (χ3n) is 3.67. The molecule has 2 heterocycles. The molecule has 3 aromatic rings. The second kappa shape index (κ2) is 7.43. The summed E-state index contributed by atoms with van der Waals surface area (Å²) in [6.07, 6.45) is 3.20. The number of benzene rings is 1. The first kappa shape index (κ1) is 17.1. The first-order chi connectivity index (χ1) is 12.0. The summed E-state index contributed by atoms with van der Waals surface area (Å²) in [6, 6.07) is 6.44. The third-order valence-corrected chi connectivity index (χ3v) is 4.04. The number of carbonyl (C=O) groups is 1. The average molecular weight is 363 g/mol. The van der Waals surface area contributed by atoms with Crippen LogP contribution in [0.4, 0.5) is 10.3 Å². The molecular weight excluding hydrogens is 347 g/mol. The molecule has 0 radical (unpaired) electrons. The van der Waals surface area contributed by atoms with Gasteiger partial charge in [0.25, 0.3) is 0 Å². The highest BCUT2D eigenvalue weighted by atomic mass is 35.5. The van der Waals surface area contributed by atoms with Gasteiger partial charge in [-0.3, -0.25) is 14.8 Å². The second-order valence-electron chi connectivity index (χ2n) is 5.46. The molecule has 0 aliphatic heterocycles. The van der Waals surface area contributed by atoms with Gasteiger partial charge in [0.15, 0.2) is 0 Å². The van der Waals surface area contributed by atoms with E-state index in [1.54, 1.807) is 29.1 Å². The number of hydrogen-bond donors (Lipinski definition) is 1. The van der Waals surface area contributed by atoms with E-state index in [1.165, 1.54) is 17.1 Å². The monoisotopic (exact) mass is 362 g/mol. The van der Waals surface area contributed by atoms with Gasteiger partial charge in [-0.2, -0.15) is 5.10 Å². The Morgan fingerprint density at radius 3 is 2.88 bits per heavy atom. The molecule has 1 N–H and O–H groups in total. The lowest BCUT2D eigenvalue weighted by molar-refractivity contribution is -0.116. The third kappa shape index (κ3) is 4.21. The summed E-state index contributed by atoms with van der Waals surface area (Å²) in [7, 11) is 0. The molecule has 1 aromatic carbocycles. The molecule has 1 amide bonds. The lowest BCUT2D eigenvalue weighted by Crippen LogP contribution is -2.16. The maximum absolute atomic E-state index is 13.6. The van der Waals surface area contributed by atoms with Crippen LogP contribution in [0, 0.1) is 12.7 Å². The van der Waals surface area contributed by atoms with Crippen LogP contribution in [-0.2, 0) is 17.9 Å². The van der Waals surface area contributed by atoms with Crippen LogP contribution in [0.15, 0.2) is 36.8 Å². The Balaban J connectivity index is 1.55. The summed E-state index contributed by atoms with van der Waals surface area (Å²) in [5.74, 6) is -0.372. The van der Waals surface area contributed by atoms with Gasteiger partial charge >= 0.3 is 0 Å². The Kier molecular flexibility index (Phi) is 5.08. The SMILES string of the molecule is Cc1c(Cl)cnn1CCC(=O)Nc1ncn(Cc2ccccc2F)n1. The molecular formula is C16H16ClFN6O. The molecule has 130 valence electrons. The molecule has 0 unspecified atom stereocenters. The van der Waals surface area contributed by atoms with Gasteiger partial charge in [0.2, 0.25) is 11.9 Å². The van der Waals surface area contributed by atoms with Gasteiger partial charge in [0.1, 0.15) is 12.1 Å². The Hall–Kier alpha value is -2.74. The highest BCUT2D eigenvalue weighted by Gasteiger charge is 2.10. The average Bonchev–Trinajstić information content (AvgIpc) is 3.15. The van der Waals surface area contributed by atoms with Crippen molar-refractivity contribution in [2.45, 2.75) is 26.4 Å². The quantitative estimate of drug-likeness (QED) is 0.731. The van der Waals surface area contributed by atoms with Crippen molar-refractivity contribution in [3.63, 3.8) is 0 Å². The van der Waals surface area contributed by atoms with Crippen LogP contribution in [0.1, 0.15) is 17.7 Å². The molecule has 2 aromatic heterocycles. The zero-order valence-corrected chi connectivity index (χ0v) is 14.2. The van der Waals surface area contributed by atoms with Crippen molar-refractivity contribution in [3.05, 3.63) is 58.9 Å². The number of aryl methyl sites for hydroxylation is 1. The van der Waals surface area contributed by atoms with Gasteiger partial charge in [-0.05, 0) is 13.0 Å². The van der Waals surface area contributed by atoms with E-state index in [0.717, 1.165) is 5.69 Å². The van der Waals surface area contributed by atoms with Crippen LogP contribution >= 0.6 is 11.6 Å². The minimum absolute atomic E-state index is 0.177. The molecule has 0 saturated heterocycles. The second-order valence-corrected chi connectivity index (χ2v) is 5.86. The number of hydrogen-bond acceptors (Lipinski definition) is 4. The van der Waals surface area contributed by atoms with Crippen LogP contribution in [0.3, 0.4) is 0 Å². The molecule has 0 aliphatic rings. The van der Waals surface area contributed by atoms with Crippen LogP contribution < -0.4 is 5.32 Å². The van der Waals surface area contributed by atoms with Gasteiger partial charge in [0.05, 0.1) is 30.0 Å². The van der Waals surface area contributed by atoms with Gasteiger partial charge in [0, 0.05) is 12.0 Å². The summed E-state index contributed by atoms with van der Waals surface area (Å²) in [6.45, 7) is 2.47. The Morgan fingerprint density at radius 2 is 2.16 bits per heavy atom. The Morgan fingerprint density at radius 1 is 1.36 bits per heavy atom. The van der Waals surface area contributed by atoms with E-state index in [4.69, 9.17) is 11.6 Å². The predicted molar refractivity (Wildman–Crippen MR) is 90.7 cm³/mol. The van der Waals surface area contributed by atoms with E-state index in [-0.39, 0.29) is 30.6 Å². The van der Waals surface area contributed by atoms with E-state index in [2.05, 4.69) is 20.5 Å². The Labute approximate surface area is 148 Å². The fourth-order valence-corrected chi connectivity index (χ4v) is 2.41. The van der Waals surface area contributed by atoms with Gasteiger partial charge < -0.3 is 0 Å². The molecule has 0 spiro atoms. The standard InChI is InChI=1S/C16H16ClFN6O/c1-11-13(17)8-20-24(11)7-6-15(25)21-16-19-10-23(22-16)9-12-4-2-3-5-14(12)18/h2-5,8,10H,6-7,9H2,1H3,(H,21,22,25). The van der Waals surface area contributed by atoms with Gasteiger partial charge in [-0.15, -0.1) is 5.10 Å². The van der Waals surface area contributed by atoms with Crippen molar-refractivity contribution in [1.29, 1.82) is 0 Å². The number of anilines is 1. The highest BCUT2D eigenvalue weighted by molar-refractivity contribution is 6.31. The van der Waals surface area contributed by atoms with Gasteiger partial charge in [-0.1, -0.05) is 29.8 Å². The number of rotatable bonds is 6. The van der Waals surface area contributed by atoms with E-state index in [9.17, 15) is 9.18 Å². The number of amides is 1. The lowest BCUT2D eigenvalue weighted by Gasteiger charge is -2.04. The molecule has 3 rings (SSSR count). The van der Waals surface area contributed by atoms with Crippen LogP contribution in [0.2, 0.25) is 5.02 Å². The maximum Gasteiger partial charge on any atom is 0.248 e. The van der Waals surface area contributed by atoms with Crippen molar-refractivity contribution in [3.8, 4) is 0 Å². The first-order valence-electron chi connectivity index (χ1n) is 7.63. The van der Waals surface area contributed by atoms with Crippen LogP contribution in [0.25, 0.3) is 0 Å². The van der Waals surface area contributed by atoms with Crippen molar-refractivity contribution in [2.24, 2.45) is 0 Å². The number of halogens is 2. The van der Waals surface area contributed by atoms with Crippen LogP contribution in [-0.4, -0.2) is 30.5 Å². The summed E-state index contributed by atoms with van der Waals surface area (Å²) in [4.78, 5) is 16.0. The zero-order chi connectivity index (χ0) is 17.8. The number of nitrogens with zero attached hydrogens (tertiary/aromatic N) is 5. The maximum atomic E-state index is 13.6. The number of carbonyl (C=O) groups excluding carboxylic acids is 1. The summed E-state index contributed by atoms with van der Waals surface area (Å²) in [5.41, 5.74) is 1.30. The van der Waals surface area contributed by atoms with Crippen molar-refractivity contribution >= 4 is 23.5 Å². The van der Waals surface area contributed by atoms with Crippen molar-refractivity contribution in [1.82, 2.24) is 24.5 Å². The van der Waals surface area contributed by atoms with E-state index < -0.39 is 0 Å². The smallest absolute Gasteiger partial charge is 0.248 e. The zero-order valence-electron chi connectivity index (χ0n) is 13.5. The fraction of sp³-hybridized carbons (Fsp3) is 0.250. The molecule has 0 bridgehead atoms. The molecule has 9 heteroatoms. The predicted octanol–water partition coefficient (Wildman–Crippen LogP) is 2.65. The molecule has 0 atom stereocenters. The minimum Gasteiger partial charge on any atom is -0.293 e. The van der Waals surface area contributed by atoms with Crippen molar-refractivity contribution in [2.75, 3.05) is 5.32 Å². The first-order valence-corrected chi connectivity index (χ1v) is 8.01. The molecule has 7 nitrogen and oxygen atoms in total. The fourth-order valence-electron chi connectivity index (χ4n) is 2.27. The normalized spacial score (nSPS) is 10.8. The van der Waals surface area contributed by atoms with Crippen molar-refractivity contribution < 1.29 is 9.18 Å². The molecule has 0 fully saturated rings. The molecule has 0 aliphatic carbocycles. The van der Waals surface area contributed by atoms with Gasteiger partial charge in [-0.25, -0.2) is 14.1 Å².